The highest BCUT2D eigenvalue weighted by atomic mass is 79.9. The fourth-order valence-corrected chi connectivity index (χ4v) is 2.33. The number of hydrogen-bond acceptors (Lipinski definition) is 3. The number of aliphatic imine (C=N–C) groups is 1. The van der Waals surface area contributed by atoms with Gasteiger partial charge >= 0.3 is 0 Å². The number of nitriles is 1. The molecule has 2 aromatic rings. The molecular formula is C16H12BrN3O. The summed E-state index contributed by atoms with van der Waals surface area (Å²) in [6.45, 7) is 0. The summed E-state index contributed by atoms with van der Waals surface area (Å²) >= 11 is 0. The maximum Gasteiger partial charge on any atom is 0.277 e. The molecule has 3 rings (SSSR count). The Morgan fingerprint density at radius 3 is 2.71 bits per heavy atom. The van der Waals surface area contributed by atoms with Gasteiger partial charge in [-0.05, 0) is 35.4 Å². The Hall–Kier alpha value is -2.45. The van der Waals surface area contributed by atoms with Crippen LogP contribution in [-0.4, -0.2) is 11.6 Å². The molecule has 0 spiro atoms. The van der Waals surface area contributed by atoms with E-state index < -0.39 is 0 Å². The number of nitrogen functional groups attached to an aromatic ring is 1. The summed E-state index contributed by atoms with van der Waals surface area (Å²) in [4.78, 5) is 16.2. The third-order valence-corrected chi connectivity index (χ3v) is 3.35. The lowest BCUT2D eigenvalue weighted by molar-refractivity contribution is 0.100. The van der Waals surface area contributed by atoms with Crippen molar-refractivity contribution < 1.29 is 4.79 Å². The molecule has 1 aliphatic rings. The van der Waals surface area contributed by atoms with Gasteiger partial charge in [0.25, 0.3) is 5.91 Å². The number of nitrogens with zero attached hydrogens (tertiary/aromatic N) is 2. The topological polar surface area (TPSA) is 79.2 Å². The van der Waals surface area contributed by atoms with Gasteiger partial charge < -0.3 is 5.73 Å². The molecule has 1 amide bonds. The highest BCUT2D eigenvalue weighted by molar-refractivity contribution is 8.93. The van der Waals surface area contributed by atoms with Crippen molar-refractivity contribution in [1.82, 2.24) is 0 Å². The Labute approximate surface area is 132 Å². The Bertz CT molecular complexity index is 790. The summed E-state index contributed by atoms with van der Waals surface area (Å²) in [5.41, 5.74) is 9.89. The van der Waals surface area contributed by atoms with E-state index in [1.165, 1.54) is 0 Å². The first-order valence-electron chi connectivity index (χ1n) is 6.19. The molecule has 2 N–H and O–H groups in total. The molecule has 0 bridgehead atoms. The second-order valence-corrected chi connectivity index (χ2v) is 4.61. The predicted molar refractivity (Wildman–Crippen MR) is 86.9 cm³/mol. The number of hydrogen-bond donors (Lipinski definition) is 1. The summed E-state index contributed by atoms with van der Waals surface area (Å²) in [6, 6.07) is 14.4. The van der Waals surface area contributed by atoms with Crippen LogP contribution < -0.4 is 5.73 Å². The van der Waals surface area contributed by atoms with Crippen molar-refractivity contribution >= 4 is 34.3 Å². The summed E-state index contributed by atoms with van der Waals surface area (Å²) in [6.07, 6.45) is 0.503. The van der Waals surface area contributed by atoms with Crippen LogP contribution >= 0.6 is 17.0 Å². The van der Waals surface area contributed by atoms with Gasteiger partial charge in [-0.2, -0.15) is 5.26 Å². The van der Waals surface area contributed by atoms with Crippen LogP contribution in [0.4, 0.5) is 5.69 Å². The highest BCUT2D eigenvalue weighted by Crippen LogP contribution is 2.25. The molecule has 4 nitrogen and oxygen atoms in total. The average molecular weight is 342 g/mol. The molecule has 0 fully saturated rings. The smallest absolute Gasteiger partial charge is 0.277 e. The monoisotopic (exact) mass is 341 g/mol. The summed E-state index contributed by atoms with van der Waals surface area (Å²) < 4.78 is 0. The van der Waals surface area contributed by atoms with Crippen LogP contribution in [0.3, 0.4) is 0 Å². The molecule has 5 heteroatoms. The number of anilines is 1. The average Bonchev–Trinajstić information content (AvgIpc) is 2.48. The molecule has 21 heavy (non-hydrogen) atoms. The quantitative estimate of drug-likeness (QED) is 0.810. The Balaban J connectivity index is 0.00000161. The van der Waals surface area contributed by atoms with Gasteiger partial charge in [0.2, 0.25) is 0 Å². The SMILES string of the molecule is Br.N#Cc1cccc(C2=NC(=O)c3cccc(N)c3C2)c1. The number of amides is 1. The van der Waals surface area contributed by atoms with Crippen molar-refractivity contribution in [2.24, 2.45) is 4.99 Å². The van der Waals surface area contributed by atoms with Gasteiger partial charge in [0.1, 0.15) is 0 Å². The molecule has 0 unspecified atom stereocenters. The fraction of sp³-hybridized carbons (Fsp3) is 0.0625. The Morgan fingerprint density at radius 1 is 1.19 bits per heavy atom. The molecule has 2 aromatic carbocycles. The molecule has 0 saturated carbocycles. The molecule has 0 radical (unpaired) electrons. The van der Waals surface area contributed by atoms with Gasteiger partial charge in [-0.1, -0.05) is 18.2 Å². The van der Waals surface area contributed by atoms with Crippen LogP contribution in [-0.2, 0) is 6.42 Å². The fourth-order valence-electron chi connectivity index (χ4n) is 2.33. The number of halogens is 1. The van der Waals surface area contributed by atoms with Gasteiger partial charge in [0.15, 0.2) is 0 Å². The first kappa shape index (κ1) is 14.9. The van der Waals surface area contributed by atoms with Crippen LogP contribution in [0.5, 0.6) is 0 Å². The minimum Gasteiger partial charge on any atom is -0.398 e. The summed E-state index contributed by atoms with van der Waals surface area (Å²) in [7, 11) is 0. The van der Waals surface area contributed by atoms with E-state index in [0.29, 0.717) is 28.9 Å². The van der Waals surface area contributed by atoms with E-state index in [2.05, 4.69) is 11.1 Å². The van der Waals surface area contributed by atoms with E-state index >= 15 is 0 Å². The Morgan fingerprint density at radius 2 is 1.95 bits per heavy atom. The van der Waals surface area contributed by atoms with Crippen molar-refractivity contribution in [3.8, 4) is 6.07 Å². The van der Waals surface area contributed by atoms with Gasteiger partial charge in [-0.15, -0.1) is 17.0 Å². The largest absolute Gasteiger partial charge is 0.398 e. The van der Waals surface area contributed by atoms with E-state index in [1.54, 1.807) is 36.4 Å². The van der Waals surface area contributed by atoms with Crippen molar-refractivity contribution in [3.05, 3.63) is 64.7 Å². The third-order valence-electron chi connectivity index (χ3n) is 3.35. The molecule has 1 aliphatic heterocycles. The molecule has 0 aliphatic carbocycles. The number of carbonyl (C=O) groups excluding carboxylic acids is 1. The van der Waals surface area contributed by atoms with Crippen LogP contribution in [0.25, 0.3) is 0 Å². The van der Waals surface area contributed by atoms with E-state index in [1.807, 2.05) is 6.07 Å². The molecule has 0 aromatic heterocycles. The maximum absolute atomic E-state index is 12.1. The van der Waals surface area contributed by atoms with Gasteiger partial charge in [0, 0.05) is 17.7 Å². The van der Waals surface area contributed by atoms with Gasteiger partial charge in [0.05, 0.1) is 17.3 Å². The normalized spacial score (nSPS) is 12.7. The zero-order chi connectivity index (χ0) is 14.1. The second kappa shape index (κ2) is 5.90. The number of rotatable bonds is 1. The number of fused-ring (bicyclic) bond motifs is 1. The number of benzene rings is 2. The van der Waals surface area contributed by atoms with Crippen molar-refractivity contribution in [3.63, 3.8) is 0 Å². The highest BCUT2D eigenvalue weighted by Gasteiger charge is 2.21. The van der Waals surface area contributed by atoms with Crippen molar-refractivity contribution in [1.29, 1.82) is 5.26 Å². The lowest BCUT2D eigenvalue weighted by atomic mass is 9.93. The van der Waals surface area contributed by atoms with Crippen molar-refractivity contribution in [2.75, 3.05) is 5.73 Å². The molecule has 1 heterocycles. The second-order valence-electron chi connectivity index (χ2n) is 4.61. The minimum atomic E-state index is -0.282. The first-order valence-corrected chi connectivity index (χ1v) is 6.19. The van der Waals surface area contributed by atoms with E-state index in [-0.39, 0.29) is 22.9 Å². The molecule has 0 saturated heterocycles. The lowest BCUT2D eigenvalue weighted by Gasteiger charge is -2.17. The van der Waals surface area contributed by atoms with Gasteiger partial charge in [-0.3, -0.25) is 4.79 Å². The molecular weight excluding hydrogens is 330 g/mol. The first-order chi connectivity index (χ1) is 9.69. The van der Waals surface area contributed by atoms with Crippen molar-refractivity contribution in [2.45, 2.75) is 6.42 Å². The number of nitrogens with two attached hydrogens (primary N) is 1. The summed E-state index contributed by atoms with van der Waals surface area (Å²) in [5.74, 6) is -0.282. The maximum atomic E-state index is 12.1. The van der Waals surface area contributed by atoms with Crippen LogP contribution in [0.1, 0.15) is 27.0 Å². The van der Waals surface area contributed by atoms with E-state index in [0.717, 1.165) is 11.1 Å². The third kappa shape index (κ3) is 2.71. The molecule has 104 valence electrons. The van der Waals surface area contributed by atoms with Crippen LogP contribution in [0, 0.1) is 11.3 Å². The lowest BCUT2D eigenvalue weighted by Crippen LogP contribution is -2.19. The van der Waals surface area contributed by atoms with Crippen LogP contribution in [0.2, 0.25) is 0 Å². The standard InChI is InChI=1S/C16H11N3O.BrH/c17-9-10-3-1-4-11(7-10)15-8-13-12(16(20)19-15)5-2-6-14(13)18;/h1-7H,8,18H2;1H. The molecule has 0 atom stereocenters. The van der Waals surface area contributed by atoms with E-state index in [9.17, 15) is 4.79 Å². The zero-order valence-corrected chi connectivity index (χ0v) is 12.7. The van der Waals surface area contributed by atoms with E-state index in [4.69, 9.17) is 11.0 Å². The summed E-state index contributed by atoms with van der Waals surface area (Å²) in [5, 5.41) is 8.94. The van der Waals surface area contributed by atoms with Gasteiger partial charge in [-0.25, -0.2) is 4.99 Å². The Kier molecular flexibility index (Phi) is 4.20. The zero-order valence-electron chi connectivity index (χ0n) is 11.0. The number of carbonyl (C=O) groups is 1. The predicted octanol–water partition coefficient (Wildman–Crippen LogP) is 2.90. The van der Waals surface area contributed by atoms with Crippen LogP contribution in [0.15, 0.2) is 47.5 Å². The minimum absolute atomic E-state index is 0.